The molecule has 0 aromatic heterocycles. The summed E-state index contributed by atoms with van der Waals surface area (Å²) in [5.74, 6) is -0.419. The summed E-state index contributed by atoms with van der Waals surface area (Å²) in [5, 5.41) is 8.04. The van der Waals surface area contributed by atoms with Crippen molar-refractivity contribution in [2.24, 2.45) is 0 Å². The fourth-order valence-corrected chi connectivity index (χ4v) is 0.627. The molecule has 0 atom stereocenters. The second-order valence-electron chi connectivity index (χ2n) is 2.93. The number of hydrogen-bond donors (Lipinski definition) is 1. The predicted octanol–water partition coefficient (Wildman–Crippen LogP) is 2.26. The van der Waals surface area contributed by atoms with Crippen molar-refractivity contribution in [3.8, 4) is 0 Å². The highest BCUT2D eigenvalue weighted by atomic mass is 16.5. The number of aliphatic carboxylic acids is 1. The number of carboxylic acids is 1. The lowest BCUT2D eigenvalue weighted by atomic mass is 10.5. The predicted molar refractivity (Wildman–Crippen MR) is 64.1 cm³/mol. The van der Waals surface area contributed by atoms with Crippen molar-refractivity contribution in [2.75, 3.05) is 6.61 Å². The monoisotopic (exact) mass is 242 g/mol. The zero-order chi connectivity index (χ0) is 13.8. The van der Waals surface area contributed by atoms with E-state index in [4.69, 9.17) is 9.84 Å². The molecule has 0 bridgehead atoms. The number of carbonyl (C=O) groups is 2. The number of ether oxygens (including phenoxy) is 2. The van der Waals surface area contributed by atoms with Crippen LogP contribution in [0.25, 0.3) is 0 Å². The van der Waals surface area contributed by atoms with E-state index >= 15 is 0 Å². The standard InChI is InChI=1S/C6H8O4.C6H10O/c1-2-10-6(9)4-3-5(7)8;1-5(2)7-6(3)4/h3-4H,2H2,1H3,(H,7,8);1,3H2,2,4H3/b4-3-;. The Morgan fingerprint density at radius 1 is 1.18 bits per heavy atom. The first-order valence-corrected chi connectivity index (χ1v) is 4.86. The van der Waals surface area contributed by atoms with Gasteiger partial charge in [-0.25, -0.2) is 9.59 Å². The Kier molecular flexibility index (Phi) is 10.7. The van der Waals surface area contributed by atoms with E-state index in [1.807, 2.05) is 0 Å². The molecule has 1 N–H and O–H groups in total. The van der Waals surface area contributed by atoms with Crippen molar-refractivity contribution >= 4 is 11.9 Å². The molecule has 96 valence electrons. The van der Waals surface area contributed by atoms with Crippen molar-refractivity contribution in [2.45, 2.75) is 20.8 Å². The molecule has 0 aliphatic heterocycles. The lowest BCUT2D eigenvalue weighted by Crippen LogP contribution is -2.00. The Morgan fingerprint density at radius 3 is 1.88 bits per heavy atom. The van der Waals surface area contributed by atoms with Gasteiger partial charge in [0.1, 0.15) is 0 Å². The van der Waals surface area contributed by atoms with Crippen LogP contribution in [0.4, 0.5) is 0 Å². The maximum atomic E-state index is 10.4. The van der Waals surface area contributed by atoms with Gasteiger partial charge in [-0.2, -0.15) is 0 Å². The fraction of sp³-hybridized carbons (Fsp3) is 0.333. The van der Waals surface area contributed by atoms with Crippen LogP contribution in [0.15, 0.2) is 36.8 Å². The minimum atomic E-state index is -1.16. The molecule has 0 aromatic rings. The summed E-state index contributed by atoms with van der Waals surface area (Å²) >= 11 is 0. The average molecular weight is 242 g/mol. The SMILES string of the molecule is C=C(C)OC(=C)C.CCOC(=O)/C=C\C(=O)O. The summed E-state index contributed by atoms with van der Waals surface area (Å²) in [4.78, 5) is 20.2. The highest BCUT2D eigenvalue weighted by Crippen LogP contribution is 1.97. The number of esters is 1. The molecule has 0 aromatic carbocycles. The number of hydrogen-bond acceptors (Lipinski definition) is 4. The molecule has 5 nitrogen and oxygen atoms in total. The summed E-state index contributed by atoms with van der Waals surface area (Å²) in [6.45, 7) is 12.5. The molecule has 0 heterocycles. The largest absolute Gasteiger partial charge is 0.478 e. The second kappa shape index (κ2) is 10.5. The zero-order valence-corrected chi connectivity index (χ0v) is 10.4. The van der Waals surface area contributed by atoms with Gasteiger partial charge in [-0.1, -0.05) is 13.2 Å². The lowest BCUT2D eigenvalue weighted by Gasteiger charge is -1.99. The van der Waals surface area contributed by atoms with Gasteiger partial charge < -0.3 is 14.6 Å². The van der Waals surface area contributed by atoms with E-state index in [2.05, 4.69) is 17.9 Å². The first-order valence-electron chi connectivity index (χ1n) is 4.86. The van der Waals surface area contributed by atoms with Gasteiger partial charge in [0.05, 0.1) is 18.1 Å². The highest BCUT2D eigenvalue weighted by Gasteiger charge is 1.94. The van der Waals surface area contributed by atoms with Crippen molar-refractivity contribution in [1.82, 2.24) is 0 Å². The van der Waals surface area contributed by atoms with Crippen LogP contribution < -0.4 is 0 Å². The number of allylic oxidation sites excluding steroid dienone is 2. The number of carbonyl (C=O) groups excluding carboxylic acids is 1. The van der Waals surface area contributed by atoms with Crippen LogP contribution in [-0.4, -0.2) is 23.7 Å². The fourth-order valence-electron chi connectivity index (χ4n) is 0.627. The van der Waals surface area contributed by atoms with E-state index in [1.165, 1.54) is 0 Å². The Hall–Kier alpha value is -2.04. The summed E-state index contributed by atoms with van der Waals surface area (Å²) < 4.78 is 9.26. The van der Waals surface area contributed by atoms with Crippen molar-refractivity contribution in [1.29, 1.82) is 0 Å². The molecule has 0 radical (unpaired) electrons. The maximum Gasteiger partial charge on any atom is 0.330 e. The third-order valence-electron chi connectivity index (χ3n) is 0.997. The highest BCUT2D eigenvalue weighted by molar-refractivity contribution is 5.90. The molecule has 0 aliphatic carbocycles. The quantitative estimate of drug-likeness (QED) is 0.455. The second-order valence-corrected chi connectivity index (χ2v) is 2.93. The summed E-state index contributed by atoms with van der Waals surface area (Å²) in [7, 11) is 0. The molecule has 0 spiro atoms. The molecule has 0 saturated carbocycles. The topological polar surface area (TPSA) is 72.8 Å². The Labute approximate surface area is 101 Å². The van der Waals surface area contributed by atoms with Crippen LogP contribution >= 0.6 is 0 Å². The third kappa shape index (κ3) is 20.1. The molecule has 0 fully saturated rings. The summed E-state index contributed by atoms with van der Waals surface area (Å²) in [6.07, 6.45) is 1.60. The molecule has 0 aliphatic rings. The molecular formula is C12H18O5. The number of carboxylic acid groups (broad SMARTS) is 1. The van der Waals surface area contributed by atoms with Crippen LogP contribution in [0.2, 0.25) is 0 Å². The molecular weight excluding hydrogens is 224 g/mol. The van der Waals surface area contributed by atoms with Gasteiger partial charge in [0.15, 0.2) is 0 Å². The van der Waals surface area contributed by atoms with Gasteiger partial charge in [-0.05, 0) is 20.8 Å². The first-order chi connectivity index (χ1) is 7.79. The zero-order valence-electron chi connectivity index (χ0n) is 10.4. The Balaban J connectivity index is 0. The summed E-state index contributed by atoms with van der Waals surface area (Å²) in [6, 6.07) is 0. The van der Waals surface area contributed by atoms with E-state index in [-0.39, 0.29) is 6.61 Å². The van der Waals surface area contributed by atoms with Crippen molar-refractivity contribution in [3.63, 3.8) is 0 Å². The molecule has 0 unspecified atom stereocenters. The van der Waals surface area contributed by atoms with Gasteiger partial charge in [-0.3, -0.25) is 0 Å². The van der Waals surface area contributed by atoms with E-state index in [1.54, 1.807) is 20.8 Å². The molecule has 17 heavy (non-hydrogen) atoms. The lowest BCUT2D eigenvalue weighted by molar-refractivity contribution is -0.138. The Bertz CT molecular complexity index is 303. The van der Waals surface area contributed by atoms with Crippen molar-refractivity contribution in [3.05, 3.63) is 36.8 Å². The van der Waals surface area contributed by atoms with Crippen LogP contribution in [0.3, 0.4) is 0 Å². The molecule has 0 amide bonds. The van der Waals surface area contributed by atoms with Crippen LogP contribution in [0.5, 0.6) is 0 Å². The summed E-state index contributed by atoms with van der Waals surface area (Å²) in [5.41, 5.74) is 0. The first kappa shape index (κ1) is 17.4. The average Bonchev–Trinajstić information content (AvgIpc) is 2.14. The third-order valence-corrected chi connectivity index (χ3v) is 0.997. The number of rotatable bonds is 5. The van der Waals surface area contributed by atoms with Crippen LogP contribution in [0, 0.1) is 0 Å². The van der Waals surface area contributed by atoms with Crippen LogP contribution in [-0.2, 0) is 19.1 Å². The van der Waals surface area contributed by atoms with E-state index in [0.717, 1.165) is 12.2 Å². The smallest absolute Gasteiger partial charge is 0.330 e. The van der Waals surface area contributed by atoms with Crippen LogP contribution in [0.1, 0.15) is 20.8 Å². The van der Waals surface area contributed by atoms with Gasteiger partial charge in [0.2, 0.25) is 0 Å². The molecule has 0 saturated heterocycles. The van der Waals surface area contributed by atoms with Crippen molar-refractivity contribution < 1.29 is 24.2 Å². The van der Waals surface area contributed by atoms with E-state index in [0.29, 0.717) is 11.5 Å². The van der Waals surface area contributed by atoms with Gasteiger partial charge in [-0.15, -0.1) is 0 Å². The van der Waals surface area contributed by atoms with Gasteiger partial charge in [0.25, 0.3) is 0 Å². The van der Waals surface area contributed by atoms with Gasteiger partial charge >= 0.3 is 11.9 Å². The Morgan fingerprint density at radius 2 is 1.65 bits per heavy atom. The normalized spacial score (nSPS) is 8.88. The molecule has 0 rings (SSSR count). The van der Waals surface area contributed by atoms with E-state index < -0.39 is 11.9 Å². The maximum absolute atomic E-state index is 10.4. The van der Waals surface area contributed by atoms with Gasteiger partial charge in [0, 0.05) is 12.2 Å². The minimum absolute atomic E-state index is 0.253. The minimum Gasteiger partial charge on any atom is -0.478 e. The van der Waals surface area contributed by atoms with E-state index in [9.17, 15) is 9.59 Å². The molecule has 5 heteroatoms.